The van der Waals surface area contributed by atoms with Gasteiger partial charge in [-0.3, -0.25) is 4.79 Å². The van der Waals surface area contributed by atoms with Crippen LogP contribution >= 0.6 is 0 Å². The molecule has 1 aromatic heterocycles. The Morgan fingerprint density at radius 1 is 1.17 bits per heavy atom. The van der Waals surface area contributed by atoms with E-state index in [1.54, 1.807) is 0 Å². The van der Waals surface area contributed by atoms with Crippen LogP contribution in [0.4, 0.5) is 0 Å². The van der Waals surface area contributed by atoms with Gasteiger partial charge in [0.1, 0.15) is 5.82 Å². The van der Waals surface area contributed by atoms with Crippen molar-refractivity contribution >= 4 is 16.9 Å². The molecule has 1 aliphatic heterocycles. The predicted octanol–water partition coefficient (Wildman–Crippen LogP) is 3.68. The fourth-order valence-corrected chi connectivity index (χ4v) is 4.43. The number of nitrogens with one attached hydrogen (secondary N) is 1. The topological polar surface area (TPSA) is 49.0 Å². The van der Waals surface area contributed by atoms with Crippen LogP contribution in [0.25, 0.3) is 11.0 Å². The van der Waals surface area contributed by atoms with Crippen LogP contribution < -0.4 is 0 Å². The summed E-state index contributed by atoms with van der Waals surface area (Å²) in [5.74, 6) is 2.01. The van der Waals surface area contributed by atoms with Crippen LogP contribution in [0.3, 0.4) is 0 Å². The SMILES string of the molecule is O=C(CCc1nc2ccccc2[nH]1)N1CCC[C@@H]2CCCC[C@H]21. The average Bonchev–Trinajstić information content (AvgIpc) is 3.02. The van der Waals surface area contributed by atoms with Crippen molar-refractivity contribution in [3.8, 4) is 0 Å². The number of benzene rings is 1. The van der Waals surface area contributed by atoms with Crippen LogP contribution in [0.15, 0.2) is 24.3 Å². The Labute approximate surface area is 137 Å². The maximum Gasteiger partial charge on any atom is 0.223 e. The second-order valence-electron chi connectivity index (χ2n) is 7.04. The molecule has 0 spiro atoms. The van der Waals surface area contributed by atoms with Gasteiger partial charge in [0, 0.05) is 25.4 Å². The molecule has 2 heterocycles. The highest BCUT2D eigenvalue weighted by Crippen LogP contribution is 2.35. The van der Waals surface area contributed by atoms with Gasteiger partial charge in [0.05, 0.1) is 11.0 Å². The third-order valence-corrected chi connectivity index (χ3v) is 5.58. The normalized spacial score (nSPS) is 24.6. The first-order valence-corrected chi connectivity index (χ1v) is 9.04. The lowest BCUT2D eigenvalue weighted by molar-refractivity contribution is -0.137. The Bertz CT molecular complexity index is 658. The summed E-state index contributed by atoms with van der Waals surface area (Å²) in [6.07, 6.45) is 8.94. The lowest BCUT2D eigenvalue weighted by Gasteiger charge is -2.44. The second-order valence-corrected chi connectivity index (χ2v) is 7.04. The van der Waals surface area contributed by atoms with Crippen molar-refractivity contribution in [2.45, 2.75) is 57.4 Å². The number of aromatic nitrogens is 2. The molecule has 4 heteroatoms. The van der Waals surface area contributed by atoms with E-state index in [1.807, 2.05) is 24.3 Å². The van der Waals surface area contributed by atoms with Gasteiger partial charge in [-0.15, -0.1) is 0 Å². The van der Waals surface area contributed by atoms with Gasteiger partial charge in [-0.2, -0.15) is 0 Å². The van der Waals surface area contributed by atoms with Crippen molar-refractivity contribution in [3.63, 3.8) is 0 Å². The van der Waals surface area contributed by atoms with E-state index in [0.29, 0.717) is 24.8 Å². The maximum atomic E-state index is 12.7. The van der Waals surface area contributed by atoms with E-state index < -0.39 is 0 Å². The first-order chi connectivity index (χ1) is 11.3. The van der Waals surface area contributed by atoms with Gasteiger partial charge in [0.25, 0.3) is 0 Å². The first-order valence-electron chi connectivity index (χ1n) is 9.04. The average molecular weight is 311 g/mol. The number of fused-ring (bicyclic) bond motifs is 2. The highest BCUT2D eigenvalue weighted by molar-refractivity contribution is 5.77. The number of carbonyl (C=O) groups excluding carboxylic acids is 1. The fourth-order valence-electron chi connectivity index (χ4n) is 4.43. The number of H-pyrrole nitrogens is 1. The van der Waals surface area contributed by atoms with E-state index in [1.165, 1.54) is 38.5 Å². The van der Waals surface area contributed by atoms with E-state index in [9.17, 15) is 4.79 Å². The molecule has 0 radical (unpaired) electrons. The van der Waals surface area contributed by atoms with Crippen LogP contribution in [-0.2, 0) is 11.2 Å². The molecule has 4 rings (SSSR count). The number of nitrogens with zero attached hydrogens (tertiary/aromatic N) is 2. The summed E-state index contributed by atoms with van der Waals surface area (Å²) in [5, 5.41) is 0. The number of amides is 1. The molecule has 23 heavy (non-hydrogen) atoms. The molecule has 1 saturated carbocycles. The van der Waals surface area contributed by atoms with Crippen LogP contribution in [-0.4, -0.2) is 33.4 Å². The first kappa shape index (κ1) is 14.7. The third-order valence-electron chi connectivity index (χ3n) is 5.58. The zero-order chi connectivity index (χ0) is 15.6. The summed E-state index contributed by atoms with van der Waals surface area (Å²) in [6, 6.07) is 8.56. The van der Waals surface area contributed by atoms with Crippen molar-refractivity contribution < 1.29 is 4.79 Å². The largest absolute Gasteiger partial charge is 0.342 e. The van der Waals surface area contributed by atoms with E-state index in [2.05, 4.69) is 14.9 Å². The molecule has 1 amide bonds. The highest BCUT2D eigenvalue weighted by Gasteiger charge is 2.35. The minimum absolute atomic E-state index is 0.321. The summed E-state index contributed by atoms with van der Waals surface area (Å²) in [6.45, 7) is 0.958. The van der Waals surface area contributed by atoms with Gasteiger partial charge < -0.3 is 9.88 Å². The molecule has 1 saturated heterocycles. The smallest absolute Gasteiger partial charge is 0.223 e. The van der Waals surface area contributed by atoms with Crippen molar-refractivity contribution in [2.24, 2.45) is 5.92 Å². The number of hydrogen-bond acceptors (Lipinski definition) is 2. The number of hydrogen-bond donors (Lipinski definition) is 1. The summed E-state index contributed by atoms with van der Waals surface area (Å²) in [5.41, 5.74) is 2.04. The van der Waals surface area contributed by atoms with Gasteiger partial charge in [-0.25, -0.2) is 4.98 Å². The molecule has 0 bridgehead atoms. The van der Waals surface area contributed by atoms with Crippen molar-refractivity contribution in [2.75, 3.05) is 6.54 Å². The molecule has 2 fully saturated rings. The molecular formula is C19H25N3O. The number of likely N-dealkylation sites (tertiary alicyclic amines) is 1. The van der Waals surface area contributed by atoms with Gasteiger partial charge in [-0.05, 0) is 43.7 Å². The summed E-state index contributed by atoms with van der Waals surface area (Å²) < 4.78 is 0. The molecule has 0 unspecified atom stereocenters. The zero-order valence-electron chi connectivity index (χ0n) is 13.6. The molecular weight excluding hydrogens is 286 g/mol. The van der Waals surface area contributed by atoms with Crippen LogP contribution in [0.1, 0.15) is 50.8 Å². The summed E-state index contributed by atoms with van der Waals surface area (Å²) in [7, 11) is 0. The highest BCUT2D eigenvalue weighted by atomic mass is 16.2. The lowest BCUT2D eigenvalue weighted by Crippen LogP contribution is -2.49. The van der Waals surface area contributed by atoms with E-state index in [4.69, 9.17) is 0 Å². The Morgan fingerprint density at radius 2 is 2.00 bits per heavy atom. The quantitative estimate of drug-likeness (QED) is 0.940. The third kappa shape index (κ3) is 2.99. The van der Waals surface area contributed by atoms with Crippen molar-refractivity contribution in [1.29, 1.82) is 0 Å². The molecule has 4 nitrogen and oxygen atoms in total. The Balaban J connectivity index is 1.40. The standard InChI is InChI=1S/C19H25N3O/c23-19(22-13-5-7-14-6-1-4-10-17(14)22)12-11-18-20-15-8-2-3-9-16(15)21-18/h2-3,8-9,14,17H,1,4-7,10-13H2,(H,20,21)/t14-,17+/m0/s1. The Hall–Kier alpha value is -1.84. The lowest BCUT2D eigenvalue weighted by atomic mass is 9.78. The maximum absolute atomic E-state index is 12.7. The Morgan fingerprint density at radius 3 is 2.91 bits per heavy atom. The molecule has 2 aliphatic rings. The molecule has 2 aromatic rings. The monoisotopic (exact) mass is 311 g/mol. The van der Waals surface area contributed by atoms with Crippen LogP contribution in [0, 0.1) is 5.92 Å². The summed E-state index contributed by atoms with van der Waals surface area (Å²) >= 11 is 0. The number of para-hydroxylation sites is 2. The minimum Gasteiger partial charge on any atom is -0.342 e. The number of imidazole rings is 1. The van der Waals surface area contributed by atoms with Gasteiger partial charge in [-0.1, -0.05) is 25.0 Å². The number of aryl methyl sites for hydroxylation is 1. The van der Waals surface area contributed by atoms with Gasteiger partial charge in [0.15, 0.2) is 0 Å². The summed E-state index contributed by atoms with van der Waals surface area (Å²) in [4.78, 5) is 22.8. The molecule has 1 N–H and O–H groups in total. The molecule has 122 valence electrons. The van der Waals surface area contributed by atoms with Gasteiger partial charge >= 0.3 is 0 Å². The van der Waals surface area contributed by atoms with Crippen LogP contribution in [0.5, 0.6) is 0 Å². The van der Waals surface area contributed by atoms with Gasteiger partial charge in [0.2, 0.25) is 5.91 Å². The predicted molar refractivity (Wildman–Crippen MR) is 91.1 cm³/mol. The number of aromatic amines is 1. The number of piperidine rings is 1. The van der Waals surface area contributed by atoms with Crippen molar-refractivity contribution in [3.05, 3.63) is 30.1 Å². The number of carbonyl (C=O) groups is 1. The fraction of sp³-hybridized carbons (Fsp3) is 0.579. The van der Waals surface area contributed by atoms with Crippen LogP contribution in [0.2, 0.25) is 0 Å². The van der Waals surface area contributed by atoms with E-state index in [-0.39, 0.29) is 0 Å². The molecule has 2 atom stereocenters. The Kier molecular flexibility index (Phi) is 4.06. The molecule has 1 aromatic carbocycles. The minimum atomic E-state index is 0.321. The zero-order valence-corrected chi connectivity index (χ0v) is 13.6. The van der Waals surface area contributed by atoms with Crippen molar-refractivity contribution in [1.82, 2.24) is 14.9 Å². The number of rotatable bonds is 3. The van der Waals surface area contributed by atoms with E-state index >= 15 is 0 Å². The van der Waals surface area contributed by atoms with E-state index in [0.717, 1.165) is 29.3 Å². The molecule has 1 aliphatic carbocycles. The second kappa shape index (κ2) is 6.34.